The van der Waals surface area contributed by atoms with Gasteiger partial charge in [-0.25, -0.2) is 0 Å². The van der Waals surface area contributed by atoms with Gasteiger partial charge in [-0.2, -0.15) is 0 Å². The molecule has 150 valence electrons. The minimum atomic E-state index is -0.712. The van der Waals surface area contributed by atoms with Crippen LogP contribution in [0.15, 0.2) is 0 Å². The third-order valence-corrected chi connectivity index (χ3v) is 6.64. The summed E-state index contributed by atoms with van der Waals surface area (Å²) in [5, 5.41) is 2.94. The van der Waals surface area contributed by atoms with E-state index in [-0.39, 0.29) is 42.2 Å². The van der Waals surface area contributed by atoms with E-state index in [9.17, 15) is 19.2 Å². The number of ether oxygens (including phenoxy) is 1. The van der Waals surface area contributed by atoms with Crippen LogP contribution in [0.2, 0.25) is 0 Å². The first-order valence-electron chi connectivity index (χ1n) is 10.2. The number of carbonyl (C=O) groups excluding carboxylic acids is 4. The highest BCUT2D eigenvalue weighted by atomic mass is 16.5. The highest BCUT2D eigenvalue weighted by Crippen LogP contribution is 2.37. The molecule has 1 aliphatic heterocycles. The van der Waals surface area contributed by atoms with Gasteiger partial charge in [0, 0.05) is 6.04 Å². The minimum Gasteiger partial charge on any atom is -0.454 e. The second kappa shape index (κ2) is 8.40. The van der Waals surface area contributed by atoms with Crippen LogP contribution in [0.1, 0.15) is 58.8 Å². The summed E-state index contributed by atoms with van der Waals surface area (Å²) in [4.78, 5) is 49.9. The lowest BCUT2D eigenvalue weighted by atomic mass is 9.78. The maximum atomic E-state index is 12.4. The first-order chi connectivity index (χ1) is 12.9. The van der Waals surface area contributed by atoms with Gasteiger partial charge >= 0.3 is 5.97 Å². The number of nitrogens with zero attached hydrogens (tertiary/aromatic N) is 1. The van der Waals surface area contributed by atoms with Crippen LogP contribution in [0.25, 0.3) is 0 Å². The Bertz CT molecular complexity index is 595. The standard InChI is InChI=1S/C20H30N2O5/c1-12-6-5-9-16(13(12)2)21-17(23)11-27-18(24)10-22-19(25)14-7-3-4-8-15(14)20(22)26/h12-16H,3-11H2,1-2H3,(H,21,23)/t12-,13+,14-,15+,16-/m0/s1. The van der Waals surface area contributed by atoms with Gasteiger partial charge in [0.15, 0.2) is 6.61 Å². The average Bonchev–Trinajstić information content (AvgIpc) is 2.89. The summed E-state index contributed by atoms with van der Waals surface area (Å²) in [5.74, 6) is -1.19. The molecular formula is C20H30N2O5. The summed E-state index contributed by atoms with van der Waals surface area (Å²) in [6, 6.07) is 0.102. The van der Waals surface area contributed by atoms with E-state index in [1.807, 2.05) is 0 Å². The highest BCUT2D eigenvalue weighted by molar-refractivity contribution is 6.07. The highest BCUT2D eigenvalue weighted by Gasteiger charge is 2.48. The van der Waals surface area contributed by atoms with E-state index in [2.05, 4.69) is 19.2 Å². The smallest absolute Gasteiger partial charge is 0.326 e. The van der Waals surface area contributed by atoms with E-state index in [0.717, 1.165) is 30.6 Å². The number of esters is 1. The van der Waals surface area contributed by atoms with Crippen molar-refractivity contribution < 1.29 is 23.9 Å². The van der Waals surface area contributed by atoms with Crippen molar-refractivity contribution in [1.82, 2.24) is 10.2 Å². The normalized spacial score (nSPS) is 33.6. The van der Waals surface area contributed by atoms with E-state index < -0.39 is 12.5 Å². The molecule has 0 bridgehead atoms. The van der Waals surface area contributed by atoms with Gasteiger partial charge in [0.05, 0.1) is 11.8 Å². The van der Waals surface area contributed by atoms with Gasteiger partial charge in [0.25, 0.3) is 5.91 Å². The van der Waals surface area contributed by atoms with Gasteiger partial charge in [0.1, 0.15) is 6.54 Å². The second-order valence-corrected chi connectivity index (χ2v) is 8.36. The number of carbonyl (C=O) groups is 4. The van der Waals surface area contributed by atoms with Crippen LogP contribution in [-0.2, 0) is 23.9 Å². The Hall–Kier alpha value is -1.92. The van der Waals surface area contributed by atoms with Crippen molar-refractivity contribution in [2.45, 2.75) is 64.8 Å². The SMILES string of the molecule is C[C@H]1[C@@H](NC(=O)COC(=O)CN2C(=O)[C@H]3CCCC[C@H]3C2=O)CCC[C@@H]1C. The predicted octanol–water partition coefficient (Wildman–Crippen LogP) is 1.65. The molecule has 0 aromatic heterocycles. The van der Waals surface area contributed by atoms with E-state index in [0.29, 0.717) is 24.7 Å². The molecule has 0 radical (unpaired) electrons. The Labute approximate surface area is 160 Å². The Morgan fingerprint density at radius 1 is 1.00 bits per heavy atom. The van der Waals surface area contributed by atoms with Crippen molar-refractivity contribution in [3.8, 4) is 0 Å². The van der Waals surface area contributed by atoms with Crippen LogP contribution in [0, 0.1) is 23.7 Å². The molecular weight excluding hydrogens is 348 g/mol. The fraction of sp³-hybridized carbons (Fsp3) is 0.800. The predicted molar refractivity (Wildman–Crippen MR) is 97.2 cm³/mol. The van der Waals surface area contributed by atoms with E-state index >= 15 is 0 Å². The molecule has 2 aliphatic carbocycles. The van der Waals surface area contributed by atoms with E-state index in [1.165, 1.54) is 6.42 Å². The average molecular weight is 378 g/mol. The molecule has 1 heterocycles. The Balaban J connectivity index is 1.45. The van der Waals surface area contributed by atoms with E-state index in [1.54, 1.807) is 0 Å². The summed E-state index contributed by atoms with van der Waals surface area (Å²) >= 11 is 0. The van der Waals surface area contributed by atoms with Crippen LogP contribution in [0.3, 0.4) is 0 Å². The molecule has 1 N–H and O–H groups in total. The largest absolute Gasteiger partial charge is 0.454 e. The molecule has 7 nitrogen and oxygen atoms in total. The van der Waals surface area contributed by atoms with Crippen molar-refractivity contribution in [1.29, 1.82) is 0 Å². The maximum absolute atomic E-state index is 12.4. The van der Waals surface area contributed by atoms with Crippen LogP contribution in [0.5, 0.6) is 0 Å². The minimum absolute atomic E-state index is 0.102. The number of rotatable bonds is 5. The zero-order valence-corrected chi connectivity index (χ0v) is 16.2. The molecule has 0 aromatic carbocycles. The second-order valence-electron chi connectivity index (χ2n) is 8.36. The third kappa shape index (κ3) is 4.33. The van der Waals surface area contributed by atoms with Gasteiger partial charge in [-0.3, -0.25) is 24.1 Å². The summed E-state index contributed by atoms with van der Waals surface area (Å²) < 4.78 is 5.02. The van der Waals surface area contributed by atoms with Crippen molar-refractivity contribution in [3.63, 3.8) is 0 Å². The van der Waals surface area contributed by atoms with Gasteiger partial charge in [-0.15, -0.1) is 0 Å². The summed E-state index contributed by atoms with van der Waals surface area (Å²) in [7, 11) is 0. The summed E-state index contributed by atoms with van der Waals surface area (Å²) in [6.07, 6.45) is 6.49. The molecule has 7 heteroatoms. The van der Waals surface area contributed by atoms with Crippen molar-refractivity contribution in [2.75, 3.05) is 13.2 Å². The number of nitrogens with one attached hydrogen (secondary N) is 1. The Kier molecular flexibility index (Phi) is 6.17. The molecule has 0 spiro atoms. The summed E-state index contributed by atoms with van der Waals surface area (Å²) in [6.45, 7) is 3.55. The zero-order chi connectivity index (χ0) is 19.6. The Morgan fingerprint density at radius 3 is 2.26 bits per heavy atom. The lowest BCUT2D eigenvalue weighted by Gasteiger charge is -2.34. The first-order valence-corrected chi connectivity index (χ1v) is 10.2. The molecule has 5 atom stereocenters. The molecule has 3 aliphatic rings. The number of fused-ring (bicyclic) bond motifs is 1. The van der Waals surface area contributed by atoms with E-state index in [4.69, 9.17) is 4.74 Å². The number of amides is 3. The topological polar surface area (TPSA) is 92.8 Å². The van der Waals surface area contributed by atoms with Gasteiger partial charge in [-0.05, 0) is 31.1 Å². The van der Waals surface area contributed by atoms with Crippen LogP contribution in [-0.4, -0.2) is 47.8 Å². The number of hydrogen-bond acceptors (Lipinski definition) is 5. The lowest BCUT2D eigenvalue weighted by Crippen LogP contribution is -2.45. The third-order valence-electron chi connectivity index (χ3n) is 6.64. The molecule has 0 aromatic rings. The van der Waals surface area contributed by atoms with Gasteiger partial charge < -0.3 is 10.1 Å². The molecule has 3 amide bonds. The molecule has 3 fully saturated rings. The molecule has 3 rings (SSSR count). The monoisotopic (exact) mass is 378 g/mol. The molecule has 1 saturated heterocycles. The number of imide groups is 1. The van der Waals surface area contributed by atoms with Crippen LogP contribution >= 0.6 is 0 Å². The first kappa shape index (κ1) is 19.8. The quantitative estimate of drug-likeness (QED) is 0.580. The summed E-state index contributed by atoms with van der Waals surface area (Å²) in [5.41, 5.74) is 0. The maximum Gasteiger partial charge on any atom is 0.326 e. The van der Waals surface area contributed by atoms with Crippen LogP contribution in [0.4, 0.5) is 0 Å². The zero-order valence-electron chi connectivity index (χ0n) is 16.2. The van der Waals surface area contributed by atoms with Crippen LogP contribution < -0.4 is 5.32 Å². The van der Waals surface area contributed by atoms with Gasteiger partial charge in [0.2, 0.25) is 11.8 Å². The molecule has 0 unspecified atom stereocenters. The molecule has 27 heavy (non-hydrogen) atoms. The van der Waals surface area contributed by atoms with Crippen molar-refractivity contribution in [2.24, 2.45) is 23.7 Å². The fourth-order valence-corrected chi connectivity index (χ4v) is 4.74. The number of likely N-dealkylation sites (tertiary alicyclic amines) is 1. The van der Waals surface area contributed by atoms with Gasteiger partial charge in [-0.1, -0.05) is 39.5 Å². The Morgan fingerprint density at radius 2 is 1.63 bits per heavy atom. The molecule has 2 saturated carbocycles. The number of hydrogen-bond donors (Lipinski definition) is 1. The fourth-order valence-electron chi connectivity index (χ4n) is 4.74. The lowest BCUT2D eigenvalue weighted by molar-refractivity contribution is -0.155. The van der Waals surface area contributed by atoms with Crippen molar-refractivity contribution >= 4 is 23.7 Å². The van der Waals surface area contributed by atoms with Crippen molar-refractivity contribution in [3.05, 3.63) is 0 Å².